The van der Waals surface area contributed by atoms with Crippen LogP contribution in [0.4, 0.5) is 8.78 Å². The van der Waals surface area contributed by atoms with Crippen molar-refractivity contribution in [2.24, 2.45) is 11.3 Å². The first-order valence-corrected chi connectivity index (χ1v) is 9.39. The SMILES string of the molecule is CC(C)(C)/C(O)=C/C(=N)NC(=O)[C@@H]1CCCN1C(=O)C1CCC(F)(F)CC1. The van der Waals surface area contributed by atoms with E-state index in [9.17, 15) is 23.5 Å². The molecular formula is C19H29F2N3O3. The fourth-order valence-corrected chi connectivity index (χ4v) is 3.43. The number of carbonyl (C=O) groups excluding carboxylic acids is 2. The zero-order chi connectivity index (χ0) is 20.4. The van der Waals surface area contributed by atoms with Gasteiger partial charge < -0.3 is 15.3 Å². The molecule has 0 aromatic carbocycles. The predicted octanol–water partition coefficient (Wildman–Crippen LogP) is 3.38. The van der Waals surface area contributed by atoms with Crippen LogP contribution in [0.15, 0.2) is 11.8 Å². The Morgan fingerprint density at radius 2 is 1.81 bits per heavy atom. The standard InChI is InChI=1S/C19H29F2N3O3/c1-18(2,3)14(25)11-15(22)23-16(26)13-5-4-10-24(13)17(27)12-6-8-19(20,21)9-7-12/h11-13,25H,4-10H2,1-3H3,(H2,22,23,26)/b14-11-/t13-/m0/s1. The lowest BCUT2D eigenvalue weighted by atomic mass is 9.85. The molecule has 27 heavy (non-hydrogen) atoms. The number of amides is 2. The second-order valence-corrected chi connectivity index (χ2v) is 8.50. The summed E-state index contributed by atoms with van der Waals surface area (Å²) in [4.78, 5) is 26.7. The topological polar surface area (TPSA) is 93.5 Å². The molecule has 1 saturated heterocycles. The number of aliphatic hydroxyl groups excluding tert-OH is 1. The third kappa shape index (κ3) is 5.49. The number of aliphatic hydroxyl groups is 1. The quantitative estimate of drug-likeness (QED) is 0.395. The number of likely N-dealkylation sites (tertiary alicyclic amines) is 1. The number of alkyl halides is 2. The van der Waals surface area contributed by atoms with Crippen molar-refractivity contribution < 1.29 is 23.5 Å². The van der Waals surface area contributed by atoms with Gasteiger partial charge in [-0.3, -0.25) is 15.0 Å². The molecule has 0 aromatic rings. The molecule has 2 rings (SSSR count). The molecule has 2 fully saturated rings. The minimum absolute atomic E-state index is 0.0321. The van der Waals surface area contributed by atoms with E-state index in [1.54, 1.807) is 20.8 Å². The molecule has 6 nitrogen and oxygen atoms in total. The average Bonchev–Trinajstić information content (AvgIpc) is 3.02. The highest BCUT2D eigenvalue weighted by atomic mass is 19.3. The molecule has 0 aromatic heterocycles. The number of halogens is 2. The highest BCUT2D eigenvalue weighted by Gasteiger charge is 2.42. The van der Waals surface area contributed by atoms with Crippen LogP contribution in [-0.4, -0.2) is 46.2 Å². The molecule has 1 aliphatic heterocycles. The van der Waals surface area contributed by atoms with E-state index >= 15 is 0 Å². The van der Waals surface area contributed by atoms with Gasteiger partial charge in [0.05, 0.1) is 0 Å². The summed E-state index contributed by atoms with van der Waals surface area (Å²) in [6, 6.07) is -0.703. The smallest absolute Gasteiger partial charge is 0.248 e. The summed E-state index contributed by atoms with van der Waals surface area (Å²) in [6.07, 6.45) is 1.99. The molecule has 0 bridgehead atoms. The monoisotopic (exact) mass is 385 g/mol. The molecule has 1 atom stereocenters. The van der Waals surface area contributed by atoms with Gasteiger partial charge in [-0.15, -0.1) is 0 Å². The highest BCUT2D eigenvalue weighted by molar-refractivity contribution is 6.05. The zero-order valence-electron chi connectivity index (χ0n) is 16.1. The summed E-state index contributed by atoms with van der Waals surface area (Å²) in [6.45, 7) is 5.75. The maximum Gasteiger partial charge on any atom is 0.248 e. The van der Waals surface area contributed by atoms with E-state index in [1.165, 1.54) is 11.0 Å². The second kappa shape index (κ2) is 7.94. The van der Waals surface area contributed by atoms with E-state index in [1.807, 2.05) is 0 Å². The van der Waals surface area contributed by atoms with Gasteiger partial charge in [0, 0.05) is 36.8 Å². The second-order valence-electron chi connectivity index (χ2n) is 8.50. The maximum absolute atomic E-state index is 13.3. The van der Waals surface area contributed by atoms with Crippen molar-refractivity contribution in [3.8, 4) is 0 Å². The van der Waals surface area contributed by atoms with Gasteiger partial charge in [-0.05, 0) is 25.7 Å². The molecule has 0 unspecified atom stereocenters. The lowest BCUT2D eigenvalue weighted by Crippen LogP contribution is -2.49. The van der Waals surface area contributed by atoms with Crippen molar-refractivity contribution in [2.75, 3.05) is 6.54 Å². The summed E-state index contributed by atoms with van der Waals surface area (Å²) in [5.41, 5.74) is -0.546. The van der Waals surface area contributed by atoms with Crippen molar-refractivity contribution in [1.29, 1.82) is 5.41 Å². The number of amidine groups is 1. The summed E-state index contributed by atoms with van der Waals surface area (Å²) in [5.74, 6) is -4.18. The predicted molar refractivity (Wildman–Crippen MR) is 97.7 cm³/mol. The van der Waals surface area contributed by atoms with Gasteiger partial charge in [-0.2, -0.15) is 0 Å². The van der Waals surface area contributed by atoms with Gasteiger partial charge in [0.15, 0.2) is 0 Å². The van der Waals surface area contributed by atoms with Crippen LogP contribution in [0.25, 0.3) is 0 Å². The minimum atomic E-state index is -2.70. The minimum Gasteiger partial charge on any atom is -0.512 e. The van der Waals surface area contributed by atoms with E-state index in [0.29, 0.717) is 19.4 Å². The Hall–Kier alpha value is -1.99. The van der Waals surface area contributed by atoms with Crippen molar-refractivity contribution in [3.63, 3.8) is 0 Å². The van der Waals surface area contributed by atoms with Crippen molar-refractivity contribution >= 4 is 17.6 Å². The van der Waals surface area contributed by atoms with E-state index in [4.69, 9.17) is 5.41 Å². The van der Waals surface area contributed by atoms with Crippen molar-refractivity contribution in [1.82, 2.24) is 10.2 Å². The summed E-state index contributed by atoms with van der Waals surface area (Å²) >= 11 is 0. The number of nitrogens with zero attached hydrogens (tertiary/aromatic N) is 1. The van der Waals surface area contributed by atoms with Crippen LogP contribution in [-0.2, 0) is 9.59 Å². The molecule has 3 N–H and O–H groups in total. The van der Waals surface area contributed by atoms with Crippen LogP contribution in [0.1, 0.15) is 59.3 Å². The Morgan fingerprint density at radius 1 is 1.22 bits per heavy atom. The third-order valence-corrected chi connectivity index (χ3v) is 5.21. The number of carbonyl (C=O) groups is 2. The molecule has 0 spiro atoms. The van der Waals surface area contributed by atoms with E-state index in [0.717, 1.165) is 0 Å². The number of hydrogen-bond acceptors (Lipinski definition) is 4. The first kappa shape index (κ1) is 21.3. The molecule has 0 radical (unpaired) electrons. The van der Waals surface area contributed by atoms with Crippen LogP contribution >= 0.6 is 0 Å². The lowest BCUT2D eigenvalue weighted by molar-refractivity contribution is -0.144. The molecule has 1 aliphatic carbocycles. The molecule has 152 valence electrons. The van der Waals surface area contributed by atoms with Gasteiger partial charge in [0.2, 0.25) is 17.7 Å². The Morgan fingerprint density at radius 3 is 2.37 bits per heavy atom. The lowest BCUT2D eigenvalue weighted by Gasteiger charge is -2.32. The average molecular weight is 385 g/mol. The fourth-order valence-electron chi connectivity index (χ4n) is 3.43. The highest BCUT2D eigenvalue weighted by Crippen LogP contribution is 2.37. The molecule has 1 saturated carbocycles. The summed E-state index contributed by atoms with van der Waals surface area (Å²) in [5, 5.41) is 20.2. The summed E-state index contributed by atoms with van der Waals surface area (Å²) < 4.78 is 26.6. The fraction of sp³-hybridized carbons (Fsp3) is 0.737. The van der Waals surface area contributed by atoms with Gasteiger partial charge in [-0.1, -0.05) is 20.8 Å². The largest absolute Gasteiger partial charge is 0.512 e. The first-order chi connectivity index (χ1) is 12.4. The van der Waals surface area contributed by atoms with Gasteiger partial charge in [0.25, 0.3) is 0 Å². The number of allylic oxidation sites excluding steroid dienone is 1. The normalized spacial score (nSPS) is 24.0. The molecular weight excluding hydrogens is 356 g/mol. The van der Waals surface area contributed by atoms with E-state index in [2.05, 4.69) is 5.32 Å². The third-order valence-electron chi connectivity index (χ3n) is 5.21. The molecule has 2 aliphatic rings. The Kier molecular flexibility index (Phi) is 6.27. The molecule has 8 heteroatoms. The Bertz CT molecular complexity index is 631. The first-order valence-electron chi connectivity index (χ1n) is 9.39. The Balaban J connectivity index is 1.98. The maximum atomic E-state index is 13.3. The Labute approximate surface area is 158 Å². The van der Waals surface area contributed by atoms with Crippen LogP contribution in [0.2, 0.25) is 0 Å². The number of rotatable bonds is 3. The van der Waals surface area contributed by atoms with Gasteiger partial charge in [-0.25, -0.2) is 8.78 Å². The summed E-state index contributed by atoms with van der Waals surface area (Å²) in [7, 11) is 0. The van der Waals surface area contributed by atoms with Crippen LogP contribution in [0.5, 0.6) is 0 Å². The number of hydrogen-bond donors (Lipinski definition) is 3. The van der Waals surface area contributed by atoms with Crippen molar-refractivity contribution in [3.05, 3.63) is 11.8 Å². The van der Waals surface area contributed by atoms with Crippen LogP contribution < -0.4 is 5.32 Å². The van der Waals surface area contributed by atoms with Crippen LogP contribution in [0.3, 0.4) is 0 Å². The number of nitrogens with one attached hydrogen (secondary N) is 2. The van der Waals surface area contributed by atoms with E-state index < -0.39 is 29.2 Å². The zero-order valence-corrected chi connectivity index (χ0v) is 16.1. The van der Waals surface area contributed by atoms with E-state index in [-0.39, 0.29) is 43.2 Å². The van der Waals surface area contributed by atoms with Crippen LogP contribution in [0, 0.1) is 16.7 Å². The van der Waals surface area contributed by atoms with Crippen molar-refractivity contribution in [2.45, 2.75) is 71.3 Å². The molecule has 2 amide bonds. The van der Waals surface area contributed by atoms with Gasteiger partial charge in [0.1, 0.15) is 17.6 Å². The molecule has 1 heterocycles. The van der Waals surface area contributed by atoms with Gasteiger partial charge >= 0.3 is 0 Å².